The highest BCUT2D eigenvalue weighted by atomic mass is 16.5. The topological polar surface area (TPSA) is 50.4 Å². The van der Waals surface area contributed by atoms with E-state index in [4.69, 9.17) is 9.47 Å². The second-order valence-electron chi connectivity index (χ2n) is 7.27. The molecular formula is C22H27N3O2. The van der Waals surface area contributed by atoms with Gasteiger partial charge in [0.1, 0.15) is 5.75 Å². The summed E-state index contributed by atoms with van der Waals surface area (Å²) in [6.07, 6.45) is 4.48. The van der Waals surface area contributed by atoms with Gasteiger partial charge in [-0.15, -0.1) is 0 Å². The number of H-pyrrole nitrogens is 1. The lowest BCUT2D eigenvalue weighted by Gasteiger charge is -2.25. The van der Waals surface area contributed by atoms with Crippen molar-refractivity contribution >= 4 is 10.9 Å². The van der Waals surface area contributed by atoms with Crippen LogP contribution in [-0.2, 0) is 17.8 Å². The Morgan fingerprint density at radius 3 is 2.93 bits per heavy atom. The van der Waals surface area contributed by atoms with Crippen LogP contribution in [-0.4, -0.2) is 41.2 Å². The number of rotatable bonds is 7. The largest absolute Gasteiger partial charge is 0.497 e. The van der Waals surface area contributed by atoms with Crippen molar-refractivity contribution in [1.29, 1.82) is 0 Å². The first-order valence-electron chi connectivity index (χ1n) is 9.62. The highest BCUT2D eigenvalue weighted by molar-refractivity contribution is 5.85. The smallest absolute Gasteiger partial charge is 0.119 e. The first-order chi connectivity index (χ1) is 13.2. The Kier molecular flexibility index (Phi) is 5.41. The van der Waals surface area contributed by atoms with Gasteiger partial charge >= 0.3 is 0 Å². The number of hydrogen-bond donors (Lipinski definition) is 1. The lowest BCUT2D eigenvalue weighted by molar-refractivity contribution is 0.0670. The van der Waals surface area contributed by atoms with E-state index in [0.29, 0.717) is 6.10 Å². The van der Waals surface area contributed by atoms with E-state index in [9.17, 15) is 0 Å². The van der Waals surface area contributed by atoms with Crippen molar-refractivity contribution in [2.75, 3.05) is 20.3 Å². The van der Waals surface area contributed by atoms with Crippen LogP contribution in [0.2, 0.25) is 0 Å². The fraction of sp³-hybridized carbons (Fsp3) is 0.409. The SMILES string of the molecule is COc1ccc2[nH]c(CN(Cc3ccccn3)CC3CCCO3)c(C)c2c1. The van der Waals surface area contributed by atoms with Gasteiger partial charge in [-0.1, -0.05) is 6.07 Å². The van der Waals surface area contributed by atoms with Gasteiger partial charge in [0.15, 0.2) is 0 Å². The Morgan fingerprint density at radius 2 is 2.19 bits per heavy atom. The number of benzene rings is 1. The van der Waals surface area contributed by atoms with Gasteiger partial charge in [-0.05, 0) is 55.7 Å². The fourth-order valence-electron chi connectivity index (χ4n) is 3.85. The standard InChI is InChI=1S/C22H27N3O2/c1-16-20-12-18(26-2)8-9-21(20)24-22(16)15-25(14-19-7-5-11-27-19)13-17-6-3-4-10-23-17/h3-4,6,8-10,12,19,24H,5,7,11,13-15H2,1-2H3. The summed E-state index contributed by atoms with van der Waals surface area (Å²) in [5, 5.41) is 1.22. The van der Waals surface area contributed by atoms with E-state index >= 15 is 0 Å². The van der Waals surface area contributed by atoms with Gasteiger partial charge in [0.2, 0.25) is 0 Å². The normalized spacial score (nSPS) is 17.1. The molecule has 1 N–H and O–H groups in total. The lowest BCUT2D eigenvalue weighted by Crippen LogP contribution is -2.32. The van der Waals surface area contributed by atoms with E-state index < -0.39 is 0 Å². The second-order valence-corrected chi connectivity index (χ2v) is 7.27. The maximum absolute atomic E-state index is 5.89. The van der Waals surface area contributed by atoms with Crippen LogP contribution in [0.25, 0.3) is 10.9 Å². The molecular weight excluding hydrogens is 338 g/mol. The molecule has 1 aliphatic rings. The Balaban J connectivity index is 1.58. The van der Waals surface area contributed by atoms with Crippen LogP contribution >= 0.6 is 0 Å². The van der Waals surface area contributed by atoms with Crippen molar-refractivity contribution in [3.05, 3.63) is 59.5 Å². The maximum atomic E-state index is 5.89. The molecule has 4 rings (SSSR count). The van der Waals surface area contributed by atoms with Crippen LogP contribution in [0.1, 0.15) is 29.8 Å². The summed E-state index contributed by atoms with van der Waals surface area (Å²) in [5.74, 6) is 0.890. The van der Waals surface area contributed by atoms with Crippen LogP contribution in [0.4, 0.5) is 0 Å². The number of pyridine rings is 1. The van der Waals surface area contributed by atoms with E-state index in [1.54, 1.807) is 7.11 Å². The minimum Gasteiger partial charge on any atom is -0.497 e. The summed E-state index contributed by atoms with van der Waals surface area (Å²) in [7, 11) is 1.71. The number of methoxy groups -OCH3 is 1. The molecule has 0 amide bonds. The number of nitrogens with zero attached hydrogens (tertiary/aromatic N) is 2. The molecule has 3 heterocycles. The average Bonchev–Trinajstić information content (AvgIpc) is 3.31. The molecule has 2 aromatic heterocycles. The predicted molar refractivity (Wildman–Crippen MR) is 107 cm³/mol. The van der Waals surface area contributed by atoms with Crippen molar-refractivity contribution in [2.24, 2.45) is 0 Å². The van der Waals surface area contributed by atoms with Crippen LogP contribution in [0.3, 0.4) is 0 Å². The quantitative estimate of drug-likeness (QED) is 0.686. The zero-order chi connectivity index (χ0) is 18.6. The Hall–Kier alpha value is -2.37. The highest BCUT2D eigenvalue weighted by Crippen LogP contribution is 2.27. The molecule has 5 nitrogen and oxygen atoms in total. The summed E-state index contributed by atoms with van der Waals surface area (Å²) < 4.78 is 11.3. The Labute approximate surface area is 160 Å². The van der Waals surface area contributed by atoms with Gasteiger partial charge in [0, 0.05) is 49.0 Å². The number of aromatic amines is 1. The second kappa shape index (κ2) is 8.11. The van der Waals surface area contributed by atoms with Crippen LogP contribution < -0.4 is 4.74 Å². The number of hydrogen-bond acceptors (Lipinski definition) is 4. The predicted octanol–water partition coefficient (Wildman–Crippen LogP) is 4.06. The van der Waals surface area contributed by atoms with Crippen molar-refractivity contribution < 1.29 is 9.47 Å². The summed E-state index contributed by atoms with van der Waals surface area (Å²) >= 11 is 0. The zero-order valence-corrected chi connectivity index (χ0v) is 16.1. The summed E-state index contributed by atoms with van der Waals surface area (Å²) in [4.78, 5) is 10.5. The molecule has 1 aromatic carbocycles. The molecule has 0 saturated carbocycles. The Bertz CT molecular complexity index is 885. The van der Waals surface area contributed by atoms with E-state index in [0.717, 1.165) is 56.0 Å². The third-order valence-electron chi connectivity index (χ3n) is 5.35. The van der Waals surface area contributed by atoms with Crippen LogP contribution in [0, 0.1) is 6.92 Å². The molecule has 5 heteroatoms. The average molecular weight is 365 g/mol. The molecule has 0 aliphatic carbocycles. The van der Waals surface area contributed by atoms with E-state index in [1.807, 2.05) is 24.4 Å². The van der Waals surface area contributed by atoms with Gasteiger partial charge in [0.05, 0.1) is 18.9 Å². The Morgan fingerprint density at radius 1 is 1.26 bits per heavy atom. The van der Waals surface area contributed by atoms with Gasteiger partial charge in [-0.25, -0.2) is 0 Å². The number of ether oxygens (including phenoxy) is 2. The van der Waals surface area contributed by atoms with E-state index in [1.165, 1.54) is 16.6 Å². The number of aromatic nitrogens is 2. The minimum atomic E-state index is 0.318. The molecule has 1 saturated heterocycles. The van der Waals surface area contributed by atoms with Gasteiger partial charge in [-0.2, -0.15) is 0 Å². The number of aryl methyl sites for hydroxylation is 1. The zero-order valence-electron chi connectivity index (χ0n) is 16.1. The monoisotopic (exact) mass is 365 g/mol. The molecule has 1 fully saturated rings. The van der Waals surface area contributed by atoms with Gasteiger partial charge < -0.3 is 14.5 Å². The number of fused-ring (bicyclic) bond motifs is 1. The summed E-state index contributed by atoms with van der Waals surface area (Å²) in [6, 6.07) is 12.3. The summed E-state index contributed by atoms with van der Waals surface area (Å²) in [5.41, 5.74) is 4.76. The molecule has 142 valence electrons. The third kappa shape index (κ3) is 4.15. The first-order valence-corrected chi connectivity index (χ1v) is 9.62. The van der Waals surface area contributed by atoms with Gasteiger partial charge in [-0.3, -0.25) is 9.88 Å². The van der Waals surface area contributed by atoms with Crippen molar-refractivity contribution in [2.45, 2.75) is 39.0 Å². The van der Waals surface area contributed by atoms with Crippen LogP contribution in [0.15, 0.2) is 42.6 Å². The molecule has 1 unspecified atom stereocenters. The van der Waals surface area contributed by atoms with Crippen molar-refractivity contribution in [3.8, 4) is 5.75 Å². The fourth-order valence-corrected chi connectivity index (χ4v) is 3.85. The van der Waals surface area contributed by atoms with Crippen LogP contribution in [0.5, 0.6) is 5.75 Å². The maximum Gasteiger partial charge on any atom is 0.119 e. The molecule has 3 aromatic rings. The lowest BCUT2D eigenvalue weighted by atomic mass is 10.1. The van der Waals surface area contributed by atoms with Gasteiger partial charge in [0.25, 0.3) is 0 Å². The number of nitrogens with one attached hydrogen (secondary N) is 1. The van der Waals surface area contributed by atoms with E-state index in [-0.39, 0.29) is 0 Å². The molecule has 0 spiro atoms. The van der Waals surface area contributed by atoms with E-state index in [2.05, 4.69) is 40.0 Å². The third-order valence-corrected chi connectivity index (χ3v) is 5.35. The molecule has 27 heavy (non-hydrogen) atoms. The summed E-state index contributed by atoms with van der Waals surface area (Å²) in [6.45, 7) is 5.65. The molecule has 0 radical (unpaired) electrons. The molecule has 0 bridgehead atoms. The molecule has 1 atom stereocenters. The highest BCUT2D eigenvalue weighted by Gasteiger charge is 2.21. The van der Waals surface area contributed by atoms with Crippen molar-refractivity contribution in [1.82, 2.24) is 14.9 Å². The molecule has 1 aliphatic heterocycles. The first kappa shape index (κ1) is 18.0. The van der Waals surface area contributed by atoms with Crippen molar-refractivity contribution in [3.63, 3.8) is 0 Å². The minimum absolute atomic E-state index is 0.318.